The van der Waals surface area contributed by atoms with Gasteiger partial charge in [0.25, 0.3) is 0 Å². The summed E-state index contributed by atoms with van der Waals surface area (Å²) in [6, 6.07) is 2.62. The van der Waals surface area contributed by atoms with Crippen LogP contribution in [0.15, 0.2) is 16.6 Å². The molecule has 1 aromatic rings. The highest BCUT2D eigenvalue weighted by Crippen LogP contribution is 2.34. The van der Waals surface area contributed by atoms with Crippen LogP contribution in [0.3, 0.4) is 0 Å². The molecule has 0 aromatic heterocycles. The van der Waals surface area contributed by atoms with Gasteiger partial charge in [0.05, 0.1) is 22.9 Å². The van der Waals surface area contributed by atoms with Crippen molar-refractivity contribution >= 4 is 33.2 Å². The van der Waals surface area contributed by atoms with Crippen LogP contribution < -0.4 is 5.32 Å². The molecule has 5 heteroatoms. The first-order valence-corrected chi connectivity index (χ1v) is 6.84. The number of hydrogen-bond donors (Lipinski definition) is 2. The number of benzene rings is 1. The van der Waals surface area contributed by atoms with Crippen molar-refractivity contribution in [2.75, 3.05) is 5.32 Å². The Balaban J connectivity index is 2.17. The fraction of sp³-hybridized carbons (Fsp3) is 0.500. The summed E-state index contributed by atoms with van der Waals surface area (Å²) in [6.07, 6.45) is 3.48. The van der Waals surface area contributed by atoms with Crippen LogP contribution in [0.1, 0.15) is 25.7 Å². The summed E-state index contributed by atoms with van der Waals surface area (Å²) in [6.45, 7) is 0. The summed E-state index contributed by atoms with van der Waals surface area (Å²) >= 11 is 9.26. The highest BCUT2D eigenvalue weighted by Gasteiger charge is 2.24. The van der Waals surface area contributed by atoms with E-state index in [0.29, 0.717) is 15.2 Å². The second-order valence-electron chi connectivity index (χ2n) is 4.35. The van der Waals surface area contributed by atoms with Gasteiger partial charge < -0.3 is 10.4 Å². The van der Waals surface area contributed by atoms with Crippen molar-refractivity contribution < 1.29 is 9.50 Å². The maximum absolute atomic E-state index is 13.1. The summed E-state index contributed by atoms with van der Waals surface area (Å²) in [7, 11) is 0. The molecule has 2 N–H and O–H groups in total. The van der Waals surface area contributed by atoms with Crippen molar-refractivity contribution in [2.24, 2.45) is 0 Å². The zero-order valence-corrected chi connectivity index (χ0v) is 11.6. The van der Waals surface area contributed by atoms with E-state index in [1.165, 1.54) is 12.1 Å². The molecule has 0 aliphatic heterocycles. The van der Waals surface area contributed by atoms with Crippen LogP contribution in [-0.2, 0) is 0 Å². The summed E-state index contributed by atoms with van der Waals surface area (Å²) in [5, 5.41) is 13.4. The van der Waals surface area contributed by atoms with Gasteiger partial charge in [0.2, 0.25) is 0 Å². The fourth-order valence-electron chi connectivity index (χ4n) is 2.15. The van der Waals surface area contributed by atoms with Gasteiger partial charge >= 0.3 is 0 Å². The van der Waals surface area contributed by atoms with Crippen molar-refractivity contribution in [3.05, 3.63) is 27.4 Å². The van der Waals surface area contributed by atoms with Crippen molar-refractivity contribution in [1.29, 1.82) is 0 Å². The number of halogens is 3. The van der Waals surface area contributed by atoms with Gasteiger partial charge in [-0.25, -0.2) is 4.39 Å². The van der Waals surface area contributed by atoms with Gasteiger partial charge in [0.1, 0.15) is 5.82 Å². The molecule has 2 atom stereocenters. The molecule has 1 aliphatic rings. The highest BCUT2D eigenvalue weighted by molar-refractivity contribution is 9.10. The van der Waals surface area contributed by atoms with Crippen LogP contribution in [0.2, 0.25) is 5.02 Å². The van der Waals surface area contributed by atoms with Gasteiger partial charge in [-0.2, -0.15) is 0 Å². The van der Waals surface area contributed by atoms with Crippen molar-refractivity contribution in [1.82, 2.24) is 0 Å². The summed E-state index contributed by atoms with van der Waals surface area (Å²) in [4.78, 5) is 0. The maximum Gasteiger partial charge on any atom is 0.125 e. The second-order valence-corrected chi connectivity index (χ2v) is 5.61. The molecule has 0 bridgehead atoms. The average molecular weight is 323 g/mol. The smallest absolute Gasteiger partial charge is 0.125 e. The zero-order valence-electron chi connectivity index (χ0n) is 9.22. The Morgan fingerprint density at radius 2 is 2.06 bits per heavy atom. The zero-order chi connectivity index (χ0) is 12.4. The lowest BCUT2D eigenvalue weighted by molar-refractivity contribution is 0.116. The van der Waals surface area contributed by atoms with Crippen molar-refractivity contribution in [2.45, 2.75) is 37.8 Å². The molecule has 0 amide bonds. The topological polar surface area (TPSA) is 32.3 Å². The van der Waals surface area contributed by atoms with E-state index in [1.807, 2.05) is 0 Å². The molecular formula is C12H14BrClFNO. The van der Waals surface area contributed by atoms with E-state index in [-0.39, 0.29) is 18.0 Å². The Morgan fingerprint density at radius 1 is 1.35 bits per heavy atom. The normalized spacial score (nSPS) is 24.7. The Kier molecular flexibility index (Phi) is 4.28. The number of anilines is 1. The van der Waals surface area contributed by atoms with Crippen LogP contribution in [-0.4, -0.2) is 17.3 Å². The minimum absolute atomic E-state index is 0.0111. The number of nitrogens with one attached hydrogen (secondary N) is 1. The molecule has 0 radical (unpaired) electrons. The van der Waals surface area contributed by atoms with E-state index >= 15 is 0 Å². The van der Waals surface area contributed by atoms with Crippen molar-refractivity contribution in [3.8, 4) is 0 Å². The Bertz CT molecular complexity index is 392. The van der Waals surface area contributed by atoms with Gasteiger partial charge in [-0.15, -0.1) is 0 Å². The van der Waals surface area contributed by atoms with E-state index < -0.39 is 0 Å². The van der Waals surface area contributed by atoms with Crippen LogP contribution in [0, 0.1) is 5.82 Å². The van der Waals surface area contributed by atoms with E-state index in [2.05, 4.69) is 21.2 Å². The second kappa shape index (κ2) is 5.55. The third-order valence-corrected chi connectivity index (χ3v) is 3.99. The lowest BCUT2D eigenvalue weighted by atomic mass is 9.92. The number of aliphatic hydroxyl groups is 1. The SMILES string of the molecule is O[C@H]1CCCC[C@@H]1Nc1c(Cl)cc(F)cc1Br. The third kappa shape index (κ3) is 3.12. The maximum atomic E-state index is 13.1. The molecule has 94 valence electrons. The van der Waals surface area contributed by atoms with E-state index in [4.69, 9.17) is 11.6 Å². The predicted octanol–water partition coefficient (Wildman–Crippen LogP) is 3.96. The quantitative estimate of drug-likeness (QED) is 0.864. The van der Waals surface area contributed by atoms with Gasteiger partial charge in [-0.1, -0.05) is 24.4 Å². The van der Waals surface area contributed by atoms with Crippen LogP contribution in [0.5, 0.6) is 0 Å². The fourth-order valence-corrected chi connectivity index (χ4v) is 3.07. The average Bonchev–Trinajstić information content (AvgIpc) is 2.25. The lowest BCUT2D eigenvalue weighted by Gasteiger charge is -2.30. The monoisotopic (exact) mass is 321 g/mol. The molecule has 2 nitrogen and oxygen atoms in total. The first-order chi connectivity index (χ1) is 8.08. The van der Waals surface area contributed by atoms with Crippen LogP contribution >= 0.6 is 27.5 Å². The van der Waals surface area contributed by atoms with E-state index in [0.717, 1.165) is 25.7 Å². The Hall–Kier alpha value is -0.320. The largest absolute Gasteiger partial charge is 0.391 e. The standard InChI is InChI=1S/C12H14BrClFNO/c13-8-5-7(15)6-9(14)12(8)16-10-3-1-2-4-11(10)17/h5-6,10-11,16-17H,1-4H2/t10-,11-/m0/s1. The van der Waals surface area contributed by atoms with E-state index in [9.17, 15) is 9.50 Å². The van der Waals surface area contributed by atoms with Crippen LogP contribution in [0.4, 0.5) is 10.1 Å². The number of rotatable bonds is 2. The van der Waals surface area contributed by atoms with Gasteiger partial charge in [-0.3, -0.25) is 0 Å². The molecule has 17 heavy (non-hydrogen) atoms. The van der Waals surface area contributed by atoms with Gasteiger partial charge in [0, 0.05) is 4.47 Å². The van der Waals surface area contributed by atoms with Gasteiger partial charge in [0.15, 0.2) is 0 Å². The lowest BCUT2D eigenvalue weighted by Crippen LogP contribution is -2.36. The molecule has 0 unspecified atom stereocenters. The molecule has 1 saturated carbocycles. The van der Waals surface area contributed by atoms with Crippen molar-refractivity contribution in [3.63, 3.8) is 0 Å². The highest BCUT2D eigenvalue weighted by atomic mass is 79.9. The molecule has 1 aromatic carbocycles. The summed E-state index contributed by atoms with van der Waals surface area (Å²) < 4.78 is 13.7. The minimum atomic E-state index is -0.378. The third-order valence-electron chi connectivity index (χ3n) is 3.07. The van der Waals surface area contributed by atoms with E-state index in [1.54, 1.807) is 0 Å². The summed E-state index contributed by atoms with van der Waals surface area (Å²) in [5.74, 6) is -0.378. The molecule has 0 saturated heterocycles. The molecular weight excluding hydrogens is 308 g/mol. The molecule has 1 aliphatic carbocycles. The van der Waals surface area contributed by atoms with Gasteiger partial charge in [-0.05, 0) is 40.9 Å². The minimum Gasteiger partial charge on any atom is -0.391 e. The summed E-state index contributed by atoms with van der Waals surface area (Å²) in [5.41, 5.74) is 0.652. The molecule has 1 fully saturated rings. The molecule has 2 rings (SSSR count). The first-order valence-electron chi connectivity index (χ1n) is 5.67. The number of aliphatic hydroxyl groups excluding tert-OH is 1. The first kappa shape index (κ1) is 13.1. The number of hydrogen-bond acceptors (Lipinski definition) is 2. The predicted molar refractivity (Wildman–Crippen MR) is 71.0 cm³/mol. The molecule has 0 spiro atoms. The molecule has 0 heterocycles. The Morgan fingerprint density at radius 3 is 2.71 bits per heavy atom. The van der Waals surface area contributed by atoms with Crippen LogP contribution in [0.25, 0.3) is 0 Å². The Labute approximate surface area is 113 Å².